The van der Waals surface area contributed by atoms with Gasteiger partial charge in [-0.25, -0.2) is 0 Å². The number of benzene rings is 2. The van der Waals surface area contributed by atoms with Crippen LogP contribution in [-0.2, 0) is 13.0 Å². The highest BCUT2D eigenvalue weighted by Crippen LogP contribution is 2.26. The molecular weight excluding hydrogens is 284 g/mol. The van der Waals surface area contributed by atoms with E-state index in [2.05, 4.69) is 10.2 Å². The van der Waals surface area contributed by atoms with Gasteiger partial charge in [-0.1, -0.05) is 54.1 Å². The second-order valence-corrected chi connectivity index (χ2v) is 5.29. The fourth-order valence-electron chi connectivity index (χ4n) is 2.42. The number of aromatic nitrogens is 2. The van der Waals surface area contributed by atoms with Gasteiger partial charge in [0.2, 0.25) is 0 Å². The molecule has 0 radical (unpaired) electrons. The van der Waals surface area contributed by atoms with Crippen molar-refractivity contribution in [3.8, 4) is 11.3 Å². The number of rotatable bonds is 4. The van der Waals surface area contributed by atoms with Crippen LogP contribution in [0.3, 0.4) is 0 Å². The third kappa shape index (κ3) is 2.99. The van der Waals surface area contributed by atoms with Crippen molar-refractivity contribution in [1.29, 1.82) is 0 Å². The number of aromatic amines is 1. The Morgan fingerprint density at radius 2 is 1.86 bits per heavy atom. The molecule has 0 unspecified atom stereocenters. The molecule has 3 rings (SSSR count). The lowest BCUT2D eigenvalue weighted by atomic mass is 9.99. The van der Waals surface area contributed by atoms with Crippen LogP contribution < -0.4 is 0 Å². The molecule has 0 aliphatic heterocycles. The lowest BCUT2D eigenvalue weighted by molar-refractivity contribution is 0.275. The first kappa shape index (κ1) is 13.9. The van der Waals surface area contributed by atoms with Crippen LogP contribution in [-0.4, -0.2) is 15.3 Å². The van der Waals surface area contributed by atoms with Gasteiger partial charge in [0.05, 0.1) is 18.0 Å². The Labute approximate surface area is 128 Å². The number of aliphatic hydroxyl groups is 1. The topological polar surface area (TPSA) is 48.9 Å². The van der Waals surface area contributed by atoms with Gasteiger partial charge in [0.1, 0.15) is 0 Å². The van der Waals surface area contributed by atoms with Gasteiger partial charge in [0.25, 0.3) is 0 Å². The standard InChI is InChI=1S/C17H15ClN2O/c18-14-8-4-5-12(9-14)10-15-16(11-21)19-20-17(15)13-6-2-1-3-7-13/h1-9,21H,10-11H2,(H,19,20). The maximum atomic E-state index is 9.50. The molecule has 0 amide bonds. The van der Waals surface area contributed by atoms with Crippen molar-refractivity contribution in [3.63, 3.8) is 0 Å². The number of nitrogens with zero attached hydrogens (tertiary/aromatic N) is 1. The average molecular weight is 299 g/mol. The summed E-state index contributed by atoms with van der Waals surface area (Å²) in [5, 5.41) is 17.5. The first-order valence-electron chi connectivity index (χ1n) is 6.75. The van der Waals surface area contributed by atoms with Crippen LogP contribution in [0, 0.1) is 0 Å². The second kappa shape index (κ2) is 6.12. The Kier molecular flexibility index (Phi) is 4.04. The number of hydrogen-bond donors (Lipinski definition) is 2. The van der Waals surface area contributed by atoms with E-state index in [9.17, 15) is 5.11 Å². The zero-order valence-electron chi connectivity index (χ0n) is 11.4. The van der Waals surface area contributed by atoms with Gasteiger partial charge in [-0.2, -0.15) is 5.10 Å². The van der Waals surface area contributed by atoms with Crippen LogP contribution in [0.25, 0.3) is 11.3 Å². The van der Waals surface area contributed by atoms with E-state index in [1.54, 1.807) is 0 Å². The molecule has 2 N–H and O–H groups in total. The quantitative estimate of drug-likeness (QED) is 0.769. The molecular formula is C17H15ClN2O. The Balaban J connectivity index is 2.02. The summed E-state index contributed by atoms with van der Waals surface area (Å²) in [5.41, 5.74) is 4.77. The molecule has 4 heteroatoms. The fraction of sp³-hybridized carbons (Fsp3) is 0.118. The summed E-state index contributed by atoms with van der Waals surface area (Å²) in [6.45, 7) is -0.0841. The van der Waals surface area contributed by atoms with Crippen LogP contribution in [0.15, 0.2) is 54.6 Å². The third-order valence-electron chi connectivity index (χ3n) is 3.43. The summed E-state index contributed by atoms with van der Waals surface area (Å²) in [7, 11) is 0. The molecule has 106 valence electrons. The number of aliphatic hydroxyl groups excluding tert-OH is 1. The molecule has 21 heavy (non-hydrogen) atoms. The minimum atomic E-state index is -0.0841. The highest BCUT2D eigenvalue weighted by Gasteiger charge is 2.14. The van der Waals surface area contributed by atoms with E-state index < -0.39 is 0 Å². The van der Waals surface area contributed by atoms with Gasteiger partial charge in [0.15, 0.2) is 0 Å². The van der Waals surface area contributed by atoms with Gasteiger partial charge in [-0.05, 0) is 23.3 Å². The van der Waals surface area contributed by atoms with Crippen LogP contribution in [0.1, 0.15) is 16.8 Å². The average Bonchev–Trinajstić information content (AvgIpc) is 2.91. The Morgan fingerprint density at radius 3 is 2.57 bits per heavy atom. The summed E-state index contributed by atoms with van der Waals surface area (Å²) < 4.78 is 0. The molecule has 0 spiro atoms. The van der Waals surface area contributed by atoms with Gasteiger partial charge in [0, 0.05) is 17.0 Å². The number of nitrogens with one attached hydrogen (secondary N) is 1. The maximum Gasteiger partial charge on any atom is 0.0918 e. The van der Waals surface area contributed by atoms with Crippen molar-refractivity contribution < 1.29 is 5.11 Å². The Morgan fingerprint density at radius 1 is 1.05 bits per heavy atom. The molecule has 0 bridgehead atoms. The first-order chi connectivity index (χ1) is 10.3. The number of H-pyrrole nitrogens is 1. The van der Waals surface area contributed by atoms with E-state index >= 15 is 0 Å². The minimum Gasteiger partial charge on any atom is -0.390 e. The number of halogens is 1. The minimum absolute atomic E-state index is 0.0841. The SMILES string of the molecule is OCc1n[nH]c(-c2ccccc2)c1Cc1cccc(Cl)c1. The van der Waals surface area contributed by atoms with Crippen LogP contribution in [0.4, 0.5) is 0 Å². The highest BCUT2D eigenvalue weighted by molar-refractivity contribution is 6.30. The molecule has 2 aromatic carbocycles. The smallest absolute Gasteiger partial charge is 0.0918 e. The lowest BCUT2D eigenvalue weighted by Gasteiger charge is -2.06. The van der Waals surface area contributed by atoms with Crippen molar-refractivity contribution in [2.75, 3.05) is 0 Å². The summed E-state index contributed by atoms with van der Waals surface area (Å²) >= 11 is 6.04. The molecule has 3 aromatic rings. The number of hydrogen-bond acceptors (Lipinski definition) is 2. The summed E-state index contributed by atoms with van der Waals surface area (Å²) in [6.07, 6.45) is 0.678. The largest absolute Gasteiger partial charge is 0.390 e. The van der Waals surface area contributed by atoms with Gasteiger partial charge in [-0.15, -0.1) is 0 Å². The zero-order chi connectivity index (χ0) is 14.7. The molecule has 1 aromatic heterocycles. The van der Waals surface area contributed by atoms with E-state index in [0.29, 0.717) is 17.1 Å². The Bertz CT molecular complexity index is 738. The fourth-order valence-corrected chi connectivity index (χ4v) is 2.63. The van der Waals surface area contributed by atoms with E-state index in [1.165, 1.54) is 0 Å². The molecule has 0 aliphatic rings. The van der Waals surface area contributed by atoms with E-state index in [1.807, 2.05) is 54.6 Å². The summed E-state index contributed by atoms with van der Waals surface area (Å²) in [6, 6.07) is 17.7. The van der Waals surface area contributed by atoms with Crippen molar-refractivity contribution in [2.24, 2.45) is 0 Å². The van der Waals surface area contributed by atoms with Crippen molar-refractivity contribution in [1.82, 2.24) is 10.2 Å². The molecule has 3 nitrogen and oxygen atoms in total. The van der Waals surface area contributed by atoms with Gasteiger partial charge < -0.3 is 5.11 Å². The summed E-state index contributed by atoms with van der Waals surface area (Å²) in [4.78, 5) is 0. The van der Waals surface area contributed by atoms with E-state index in [4.69, 9.17) is 11.6 Å². The van der Waals surface area contributed by atoms with Crippen molar-refractivity contribution in [3.05, 3.63) is 76.4 Å². The zero-order valence-corrected chi connectivity index (χ0v) is 12.1. The van der Waals surface area contributed by atoms with Crippen LogP contribution >= 0.6 is 11.6 Å². The molecule has 0 fully saturated rings. The van der Waals surface area contributed by atoms with E-state index in [-0.39, 0.29) is 6.61 Å². The van der Waals surface area contributed by atoms with Gasteiger partial charge in [-0.3, -0.25) is 5.10 Å². The monoisotopic (exact) mass is 298 g/mol. The molecule has 0 saturated carbocycles. The maximum absolute atomic E-state index is 9.50. The van der Waals surface area contributed by atoms with Crippen LogP contribution in [0.5, 0.6) is 0 Å². The second-order valence-electron chi connectivity index (χ2n) is 4.85. The highest BCUT2D eigenvalue weighted by atomic mass is 35.5. The molecule has 1 heterocycles. The predicted molar refractivity (Wildman–Crippen MR) is 84.2 cm³/mol. The molecule has 0 saturated heterocycles. The summed E-state index contributed by atoms with van der Waals surface area (Å²) in [5.74, 6) is 0. The normalized spacial score (nSPS) is 10.8. The third-order valence-corrected chi connectivity index (χ3v) is 3.67. The lowest BCUT2D eigenvalue weighted by Crippen LogP contribution is -1.95. The van der Waals surface area contributed by atoms with Gasteiger partial charge >= 0.3 is 0 Å². The predicted octanol–water partition coefficient (Wildman–Crippen LogP) is 3.81. The molecule has 0 atom stereocenters. The van der Waals surface area contributed by atoms with Crippen LogP contribution in [0.2, 0.25) is 5.02 Å². The van der Waals surface area contributed by atoms with E-state index in [0.717, 1.165) is 22.4 Å². The van der Waals surface area contributed by atoms with Crippen molar-refractivity contribution >= 4 is 11.6 Å². The van der Waals surface area contributed by atoms with Crippen molar-refractivity contribution in [2.45, 2.75) is 13.0 Å². The molecule has 0 aliphatic carbocycles. The Hall–Kier alpha value is -2.10. The first-order valence-corrected chi connectivity index (χ1v) is 7.12.